The van der Waals surface area contributed by atoms with E-state index in [0.29, 0.717) is 32.0 Å². The van der Waals surface area contributed by atoms with Crippen LogP contribution in [0, 0.1) is 5.82 Å². The quantitative estimate of drug-likeness (QED) is 0.168. The minimum atomic E-state index is -4.86. The number of nitrogens with two attached hydrogens (primary N) is 1. The number of hydrogen-bond donors (Lipinski definition) is 2. The number of halogens is 4. The first-order chi connectivity index (χ1) is 20.4. The molecule has 0 bridgehead atoms. The minimum absolute atomic E-state index is 0.00863. The maximum atomic E-state index is 14.2. The lowest BCUT2D eigenvalue weighted by atomic mass is 9.88. The van der Waals surface area contributed by atoms with Gasteiger partial charge in [0.2, 0.25) is 15.9 Å². The molecule has 1 aromatic heterocycles. The van der Waals surface area contributed by atoms with Gasteiger partial charge in [-0.2, -0.15) is 13.2 Å². The van der Waals surface area contributed by atoms with E-state index in [4.69, 9.17) is 10.5 Å². The third-order valence-electron chi connectivity index (χ3n) is 7.73. The maximum absolute atomic E-state index is 14.2. The number of fused-ring (bicyclic) bond motifs is 1. The second kappa shape index (κ2) is 12.4. The summed E-state index contributed by atoms with van der Waals surface area (Å²) >= 11 is 0. The van der Waals surface area contributed by atoms with Gasteiger partial charge in [0.05, 0.1) is 24.3 Å². The van der Waals surface area contributed by atoms with Gasteiger partial charge < -0.3 is 15.5 Å². The highest BCUT2D eigenvalue weighted by molar-refractivity contribution is 7.89. The predicted molar refractivity (Wildman–Crippen MR) is 155 cm³/mol. The molecule has 0 aliphatic carbocycles. The largest absolute Gasteiger partial charge is 0.490 e. The first-order valence-electron chi connectivity index (χ1n) is 13.9. The van der Waals surface area contributed by atoms with Crippen LogP contribution in [0.2, 0.25) is 0 Å². The van der Waals surface area contributed by atoms with Crippen LogP contribution >= 0.6 is 0 Å². The fourth-order valence-electron chi connectivity index (χ4n) is 5.63. The summed E-state index contributed by atoms with van der Waals surface area (Å²) in [5.41, 5.74) is 8.73. The molecule has 0 radical (unpaired) electrons. The number of aromatic amines is 1. The first kappa shape index (κ1) is 30.6. The van der Waals surface area contributed by atoms with Gasteiger partial charge in [0.1, 0.15) is 0 Å². The lowest BCUT2D eigenvalue weighted by Gasteiger charge is -2.31. The SMILES string of the molecule is NC(=O)Cc1cc(-c2ccccc2)cc2c(C3CCN(S(=O)(=O)CCCOc4cccc(C(F)(F)F)c4F)CC3)c[nH]c12. The van der Waals surface area contributed by atoms with E-state index in [1.807, 2.05) is 42.6 Å². The molecule has 0 saturated carbocycles. The number of benzene rings is 3. The third-order valence-corrected chi connectivity index (χ3v) is 9.69. The topological polar surface area (TPSA) is 105 Å². The van der Waals surface area contributed by atoms with Gasteiger partial charge in [-0.15, -0.1) is 0 Å². The Kier molecular flexibility index (Phi) is 8.79. The van der Waals surface area contributed by atoms with E-state index in [-0.39, 0.29) is 31.1 Å². The Morgan fingerprint density at radius 1 is 1.02 bits per heavy atom. The number of amides is 1. The van der Waals surface area contributed by atoms with Gasteiger partial charge >= 0.3 is 6.18 Å². The number of ether oxygens (including phenoxy) is 1. The zero-order valence-corrected chi connectivity index (χ0v) is 24.0. The number of carbonyl (C=O) groups excluding carboxylic acids is 1. The first-order valence-corrected chi connectivity index (χ1v) is 15.5. The lowest BCUT2D eigenvalue weighted by molar-refractivity contribution is -0.140. The molecule has 1 fully saturated rings. The van der Waals surface area contributed by atoms with Crippen LogP contribution in [0.15, 0.2) is 66.9 Å². The highest BCUT2D eigenvalue weighted by atomic mass is 32.2. The molecule has 1 aliphatic heterocycles. The summed E-state index contributed by atoms with van der Waals surface area (Å²) in [7, 11) is -3.66. The van der Waals surface area contributed by atoms with Crippen molar-refractivity contribution in [2.75, 3.05) is 25.4 Å². The number of sulfonamides is 1. The number of primary amides is 1. The Hall–Kier alpha value is -3.90. The molecule has 0 atom stereocenters. The normalized spacial score (nSPS) is 15.2. The van der Waals surface area contributed by atoms with E-state index in [1.165, 1.54) is 4.31 Å². The molecule has 0 unspecified atom stereocenters. The van der Waals surface area contributed by atoms with Crippen LogP contribution < -0.4 is 10.5 Å². The molecule has 4 aromatic rings. The molecule has 5 rings (SSSR count). The van der Waals surface area contributed by atoms with Crippen LogP contribution in [-0.4, -0.2) is 49.1 Å². The number of carbonyl (C=O) groups is 1. The Bertz CT molecular complexity index is 1710. The van der Waals surface area contributed by atoms with E-state index < -0.39 is 39.2 Å². The number of rotatable bonds is 10. The van der Waals surface area contributed by atoms with Gasteiger partial charge in [-0.25, -0.2) is 17.1 Å². The summed E-state index contributed by atoms with van der Waals surface area (Å²) in [5.74, 6) is -2.72. The molecule has 3 N–H and O–H groups in total. The number of H-pyrrole nitrogens is 1. The number of piperidine rings is 1. The summed E-state index contributed by atoms with van der Waals surface area (Å²) < 4.78 is 85.5. The molecular weight excluding hydrogens is 586 g/mol. The molecule has 3 aromatic carbocycles. The molecule has 12 heteroatoms. The molecule has 0 spiro atoms. The smallest absolute Gasteiger partial charge is 0.419 e. The Labute approximate surface area is 246 Å². The van der Waals surface area contributed by atoms with Crippen molar-refractivity contribution >= 4 is 26.8 Å². The molecular formula is C31H31F4N3O4S. The molecule has 1 aliphatic rings. The average molecular weight is 618 g/mol. The summed E-state index contributed by atoms with van der Waals surface area (Å²) in [6, 6.07) is 16.6. The van der Waals surface area contributed by atoms with E-state index in [2.05, 4.69) is 11.1 Å². The van der Waals surface area contributed by atoms with Gasteiger partial charge in [0, 0.05) is 30.2 Å². The van der Waals surface area contributed by atoms with Crippen LogP contribution in [-0.2, 0) is 27.4 Å². The fraction of sp³-hybridized carbons (Fsp3) is 0.323. The van der Waals surface area contributed by atoms with Crippen LogP contribution in [0.25, 0.3) is 22.0 Å². The molecule has 2 heterocycles. The van der Waals surface area contributed by atoms with Gasteiger partial charge in [0.15, 0.2) is 11.6 Å². The Morgan fingerprint density at radius 3 is 2.42 bits per heavy atom. The van der Waals surface area contributed by atoms with Crippen LogP contribution in [0.3, 0.4) is 0 Å². The van der Waals surface area contributed by atoms with Gasteiger partial charge in [-0.3, -0.25) is 4.79 Å². The molecule has 43 heavy (non-hydrogen) atoms. The van der Waals surface area contributed by atoms with Crippen molar-refractivity contribution in [3.63, 3.8) is 0 Å². The van der Waals surface area contributed by atoms with Crippen LogP contribution in [0.5, 0.6) is 5.75 Å². The average Bonchev–Trinajstić information content (AvgIpc) is 3.40. The molecule has 1 saturated heterocycles. The van der Waals surface area contributed by atoms with E-state index in [9.17, 15) is 30.8 Å². The van der Waals surface area contributed by atoms with Crippen molar-refractivity contribution in [2.24, 2.45) is 5.73 Å². The van der Waals surface area contributed by atoms with Crippen LogP contribution in [0.1, 0.15) is 41.9 Å². The summed E-state index contributed by atoms with van der Waals surface area (Å²) in [4.78, 5) is 15.1. The summed E-state index contributed by atoms with van der Waals surface area (Å²) in [6.07, 6.45) is -1.70. The van der Waals surface area contributed by atoms with Gasteiger partial charge in [0.25, 0.3) is 0 Å². The van der Waals surface area contributed by atoms with E-state index in [0.717, 1.165) is 45.3 Å². The zero-order chi connectivity index (χ0) is 30.8. The number of nitrogens with one attached hydrogen (secondary N) is 1. The van der Waals surface area contributed by atoms with Gasteiger partial charge in [-0.05, 0) is 71.7 Å². The monoisotopic (exact) mass is 617 g/mol. The van der Waals surface area contributed by atoms with E-state index in [1.54, 1.807) is 0 Å². The maximum Gasteiger partial charge on any atom is 0.419 e. The number of nitrogens with zero attached hydrogens (tertiary/aromatic N) is 1. The van der Waals surface area contributed by atoms with Crippen molar-refractivity contribution < 1.29 is 35.5 Å². The lowest BCUT2D eigenvalue weighted by Crippen LogP contribution is -2.39. The molecule has 228 valence electrons. The molecule has 7 nitrogen and oxygen atoms in total. The highest BCUT2D eigenvalue weighted by Crippen LogP contribution is 2.38. The zero-order valence-electron chi connectivity index (χ0n) is 23.2. The third kappa shape index (κ3) is 6.86. The van der Waals surface area contributed by atoms with Crippen molar-refractivity contribution in [3.05, 3.63) is 89.4 Å². The van der Waals surface area contributed by atoms with Crippen molar-refractivity contribution in [1.82, 2.24) is 9.29 Å². The second-order valence-electron chi connectivity index (χ2n) is 10.6. The number of hydrogen-bond acceptors (Lipinski definition) is 4. The molecule has 1 amide bonds. The van der Waals surface area contributed by atoms with Crippen molar-refractivity contribution in [3.8, 4) is 16.9 Å². The Balaban J connectivity index is 1.23. The minimum Gasteiger partial charge on any atom is -0.490 e. The van der Waals surface area contributed by atoms with Gasteiger partial charge in [-0.1, -0.05) is 36.4 Å². The van der Waals surface area contributed by atoms with Crippen LogP contribution in [0.4, 0.5) is 17.6 Å². The second-order valence-corrected chi connectivity index (χ2v) is 12.7. The standard InChI is InChI=1S/C31H31F4N3O4S/c32-29-26(31(33,34)35)8-4-9-27(29)42-14-5-15-43(40,41)38-12-10-21(11-13-38)25-19-37-30-23(18-28(36)39)16-22(17-24(25)30)20-6-2-1-3-7-20/h1-4,6-9,16-17,19,21,37H,5,10-15,18H2,(H2,36,39). The highest BCUT2D eigenvalue weighted by Gasteiger charge is 2.35. The fourth-order valence-corrected chi connectivity index (χ4v) is 7.14. The predicted octanol–water partition coefficient (Wildman–Crippen LogP) is 6.00. The summed E-state index contributed by atoms with van der Waals surface area (Å²) in [6.45, 7) is 0.352. The van der Waals surface area contributed by atoms with Crippen molar-refractivity contribution in [2.45, 2.75) is 37.8 Å². The van der Waals surface area contributed by atoms with E-state index >= 15 is 0 Å². The number of aromatic nitrogens is 1. The van der Waals surface area contributed by atoms with Crippen molar-refractivity contribution in [1.29, 1.82) is 0 Å². The number of alkyl halides is 3. The Morgan fingerprint density at radius 2 is 1.74 bits per heavy atom. The summed E-state index contributed by atoms with van der Waals surface area (Å²) in [5, 5.41) is 0.970.